The van der Waals surface area contributed by atoms with Gasteiger partial charge in [-0.2, -0.15) is 0 Å². The lowest BCUT2D eigenvalue weighted by Gasteiger charge is -2.24. The minimum atomic E-state index is -0.0555. The molecule has 1 amide bonds. The first kappa shape index (κ1) is 14.0. The Hall–Kier alpha value is -0.980. The third kappa shape index (κ3) is 3.77. The molecule has 2 fully saturated rings. The van der Waals surface area contributed by atoms with E-state index < -0.39 is 0 Å². The van der Waals surface area contributed by atoms with Gasteiger partial charge in [-0.25, -0.2) is 4.98 Å². The summed E-state index contributed by atoms with van der Waals surface area (Å²) in [4.78, 5) is 18.1. The summed E-state index contributed by atoms with van der Waals surface area (Å²) in [5.41, 5.74) is 1.07. The molecule has 1 aromatic heterocycles. The zero-order chi connectivity index (χ0) is 13.9. The topological polar surface area (TPSA) is 57.3 Å². The van der Waals surface area contributed by atoms with Crippen molar-refractivity contribution in [1.29, 1.82) is 0 Å². The Morgan fingerprint density at radius 3 is 3.05 bits per heavy atom. The number of nitrogens with one attached hydrogen (secondary N) is 2. The van der Waals surface area contributed by atoms with E-state index in [1.165, 1.54) is 43.9 Å². The molecule has 110 valence electrons. The van der Waals surface area contributed by atoms with Gasteiger partial charge in [-0.3, -0.25) is 9.69 Å². The molecule has 0 aromatic carbocycles. The number of carbonyl (C=O) groups excluding carboxylic acids is 1. The van der Waals surface area contributed by atoms with Gasteiger partial charge in [-0.15, -0.1) is 11.3 Å². The first-order chi connectivity index (χ1) is 9.70. The van der Waals surface area contributed by atoms with E-state index in [1.54, 1.807) is 0 Å². The highest BCUT2D eigenvalue weighted by Gasteiger charge is 2.31. The zero-order valence-electron chi connectivity index (χ0n) is 11.9. The van der Waals surface area contributed by atoms with Crippen LogP contribution >= 0.6 is 11.3 Å². The highest BCUT2D eigenvalue weighted by molar-refractivity contribution is 7.13. The number of carbonyl (C=O) groups is 1. The van der Waals surface area contributed by atoms with E-state index in [2.05, 4.69) is 25.9 Å². The smallest absolute Gasteiger partial charge is 0.223 e. The van der Waals surface area contributed by atoms with E-state index in [1.807, 2.05) is 0 Å². The Morgan fingerprint density at radius 1 is 1.55 bits per heavy atom. The van der Waals surface area contributed by atoms with Crippen molar-refractivity contribution in [1.82, 2.24) is 15.2 Å². The van der Waals surface area contributed by atoms with Crippen molar-refractivity contribution in [2.75, 3.05) is 18.4 Å². The van der Waals surface area contributed by atoms with Crippen LogP contribution in [0.4, 0.5) is 5.13 Å². The molecule has 1 saturated heterocycles. The average molecular weight is 294 g/mol. The van der Waals surface area contributed by atoms with Gasteiger partial charge in [0, 0.05) is 37.5 Å². The Labute approximate surface area is 123 Å². The summed E-state index contributed by atoms with van der Waals surface area (Å²) in [6.07, 6.45) is 5.22. The van der Waals surface area contributed by atoms with E-state index in [-0.39, 0.29) is 5.91 Å². The Morgan fingerprint density at radius 2 is 2.40 bits per heavy atom. The van der Waals surface area contributed by atoms with E-state index in [4.69, 9.17) is 0 Å². The lowest BCUT2D eigenvalue weighted by atomic mass is 10.2. The van der Waals surface area contributed by atoms with E-state index in [0.29, 0.717) is 11.2 Å². The second-order valence-corrected chi connectivity index (χ2v) is 6.64. The lowest BCUT2D eigenvalue weighted by Crippen LogP contribution is -2.38. The molecule has 0 radical (unpaired) electrons. The summed E-state index contributed by atoms with van der Waals surface area (Å²) < 4.78 is 0. The first-order valence-electron chi connectivity index (χ1n) is 7.40. The molecule has 2 N–H and O–H groups in total. The van der Waals surface area contributed by atoms with Gasteiger partial charge < -0.3 is 10.6 Å². The van der Waals surface area contributed by atoms with Crippen LogP contribution in [0.5, 0.6) is 0 Å². The number of anilines is 1. The lowest BCUT2D eigenvalue weighted by molar-refractivity contribution is -0.114. The molecule has 1 aliphatic carbocycles. The molecule has 3 rings (SSSR count). The van der Waals surface area contributed by atoms with E-state index in [9.17, 15) is 4.79 Å². The van der Waals surface area contributed by atoms with Gasteiger partial charge in [0.2, 0.25) is 5.91 Å². The summed E-state index contributed by atoms with van der Waals surface area (Å²) in [6.45, 7) is 4.70. The van der Waals surface area contributed by atoms with Gasteiger partial charge >= 0.3 is 0 Å². The van der Waals surface area contributed by atoms with E-state index >= 15 is 0 Å². The van der Waals surface area contributed by atoms with Crippen LogP contribution < -0.4 is 10.6 Å². The molecule has 20 heavy (non-hydrogen) atoms. The summed E-state index contributed by atoms with van der Waals surface area (Å²) >= 11 is 1.51. The molecule has 0 bridgehead atoms. The number of nitrogens with zero attached hydrogens (tertiary/aromatic N) is 2. The van der Waals surface area contributed by atoms with Gasteiger partial charge in [0.15, 0.2) is 5.13 Å². The van der Waals surface area contributed by atoms with Crippen LogP contribution in [0.3, 0.4) is 0 Å². The molecule has 5 nitrogen and oxygen atoms in total. The standard InChI is InChI=1S/C14H22N4OS/c1-10(19)16-14-17-12(9-20-14)8-18(13-4-5-13)7-11-3-2-6-15-11/h9,11,13,15H,2-8H2,1H3,(H,16,17,19). The fourth-order valence-corrected chi connectivity index (χ4v) is 3.52. The average Bonchev–Trinajstić information content (AvgIpc) is 2.95. The van der Waals surface area contributed by atoms with E-state index in [0.717, 1.165) is 31.4 Å². The Kier molecular flexibility index (Phi) is 4.33. The highest BCUT2D eigenvalue weighted by Crippen LogP contribution is 2.29. The number of amides is 1. The summed E-state index contributed by atoms with van der Waals surface area (Å²) in [5, 5.41) is 9.09. The molecule has 0 spiro atoms. The molecule has 1 atom stereocenters. The Bertz CT molecular complexity index is 465. The van der Waals surface area contributed by atoms with Crippen LogP contribution in [0, 0.1) is 0 Å². The van der Waals surface area contributed by atoms with Gasteiger partial charge in [-0.05, 0) is 32.2 Å². The fraction of sp³-hybridized carbons (Fsp3) is 0.714. The summed E-state index contributed by atoms with van der Waals surface area (Å²) in [7, 11) is 0. The summed E-state index contributed by atoms with van der Waals surface area (Å²) in [6, 6.07) is 1.38. The number of hydrogen-bond donors (Lipinski definition) is 2. The summed E-state index contributed by atoms with van der Waals surface area (Å²) in [5.74, 6) is -0.0555. The zero-order valence-corrected chi connectivity index (χ0v) is 12.7. The second kappa shape index (κ2) is 6.20. The van der Waals surface area contributed by atoms with Crippen molar-refractivity contribution in [3.63, 3.8) is 0 Å². The predicted octanol–water partition coefficient (Wildman–Crippen LogP) is 1.82. The van der Waals surface area contributed by atoms with Crippen molar-refractivity contribution in [2.45, 2.75) is 51.2 Å². The van der Waals surface area contributed by atoms with Gasteiger partial charge in [0.25, 0.3) is 0 Å². The van der Waals surface area contributed by atoms with Crippen LogP contribution in [0.25, 0.3) is 0 Å². The van der Waals surface area contributed by atoms with Crippen molar-refractivity contribution < 1.29 is 4.79 Å². The van der Waals surface area contributed by atoms with Crippen LogP contribution in [0.1, 0.15) is 38.3 Å². The molecule has 2 aliphatic rings. The van der Waals surface area contributed by atoms with Crippen molar-refractivity contribution >= 4 is 22.4 Å². The van der Waals surface area contributed by atoms with Crippen molar-refractivity contribution in [2.24, 2.45) is 0 Å². The van der Waals surface area contributed by atoms with Gasteiger partial charge in [-0.1, -0.05) is 0 Å². The largest absolute Gasteiger partial charge is 0.313 e. The molecule has 1 unspecified atom stereocenters. The molecular formula is C14H22N4OS. The van der Waals surface area contributed by atoms with Gasteiger partial charge in [0.1, 0.15) is 0 Å². The molecule has 1 aromatic rings. The highest BCUT2D eigenvalue weighted by atomic mass is 32.1. The molecule has 1 saturated carbocycles. The predicted molar refractivity (Wildman–Crippen MR) is 80.9 cm³/mol. The quantitative estimate of drug-likeness (QED) is 0.840. The fourth-order valence-electron chi connectivity index (χ4n) is 2.77. The minimum Gasteiger partial charge on any atom is -0.313 e. The molecule has 1 aliphatic heterocycles. The maximum Gasteiger partial charge on any atom is 0.223 e. The Balaban J connectivity index is 1.57. The normalized spacial score (nSPS) is 22.4. The molecule has 2 heterocycles. The number of rotatable bonds is 6. The maximum absolute atomic E-state index is 11.0. The van der Waals surface area contributed by atoms with Crippen molar-refractivity contribution in [3.05, 3.63) is 11.1 Å². The second-order valence-electron chi connectivity index (χ2n) is 5.78. The first-order valence-corrected chi connectivity index (χ1v) is 8.28. The van der Waals surface area contributed by atoms with Crippen molar-refractivity contribution in [3.8, 4) is 0 Å². The number of hydrogen-bond acceptors (Lipinski definition) is 5. The SMILES string of the molecule is CC(=O)Nc1nc(CN(CC2CCCN2)C2CC2)cs1. The number of thiazole rings is 1. The third-order valence-corrected chi connectivity index (χ3v) is 4.69. The maximum atomic E-state index is 11.0. The van der Waals surface area contributed by atoms with Gasteiger partial charge in [0.05, 0.1) is 5.69 Å². The minimum absolute atomic E-state index is 0.0555. The monoisotopic (exact) mass is 294 g/mol. The van der Waals surface area contributed by atoms with Crippen LogP contribution in [0.2, 0.25) is 0 Å². The number of aromatic nitrogens is 1. The molecule has 6 heteroatoms. The molecular weight excluding hydrogens is 272 g/mol. The van der Waals surface area contributed by atoms with Crippen LogP contribution in [-0.4, -0.2) is 41.0 Å². The van der Waals surface area contributed by atoms with Crippen LogP contribution in [-0.2, 0) is 11.3 Å². The third-order valence-electron chi connectivity index (χ3n) is 3.88. The van der Waals surface area contributed by atoms with Crippen LogP contribution in [0.15, 0.2) is 5.38 Å².